The number of likely N-dealkylation sites (N-methyl/N-ethyl adjacent to an activating group) is 1. The molecule has 0 saturated carbocycles. The fourth-order valence-electron chi connectivity index (χ4n) is 4.92. The smallest absolute Gasteiger partial charge is 0.246 e. The van der Waals surface area contributed by atoms with Crippen molar-refractivity contribution in [3.8, 4) is 0 Å². The number of thiophene rings is 1. The van der Waals surface area contributed by atoms with E-state index in [9.17, 15) is 9.18 Å². The maximum atomic E-state index is 13.6. The minimum atomic E-state index is -0.251. The Morgan fingerprint density at radius 2 is 2.10 bits per heavy atom. The van der Waals surface area contributed by atoms with E-state index < -0.39 is 0 Å². The van der Waals surface area contributed by atoms with Gasteiger partial charge >= 0.3 is 0 Å². The van der Waals surface area contributed by atoms with E-state index in [0.717, 1.165) is 56.0 Å². The van der Waals surface area contributed by atoms with Gasteiger partial charge in [-0.15, -0.1) is 11.3 Å². The first kappa shape index (κ1) is 25.1. The van der Waals surface area contributed by atoms with Crippen molar-refractivity contribution >= 4 is 49.9 Å². The van der Waals surface area contributed by atoms with Crippen LogP contribution in [0.5, 0.6) is 0 Å². The number of hydrogen-bond donors (Lipinski definition) is 1. The Morgan fingerprint density at radius 3 is 2.95 bits per heavy atom. The Kier molecular flexibility index (Phi) is 6.80. The van der Waals surface area contributed by atoms with Crippen LogP contribution in [0.1, 0.15) is 16.0 Å². The molecule has 10 heteroatoms. The van der Waals surface area contributed by atoms with Gasteiger partial charge in [-0.05, 0) is 62.0 Å². The van der Waals surface area contributed by atoms with Crippen molar-refractivity contribution in [3.05, 3.63) is 89.0 Å². The fourth-order valence-corrected chi connectivity index (χ4v) is 6.12. The molecule has 0 radical (unpaired) electrons. The number of nitrogens with one attached hydrogen (secondary N) is 1. The summed E-state index contributed by atoms with van der Waals surface area (Å²) in [5, 5.41) is 10.0. The fraction of sp³-hybridized carbons (Fsp3) is 0.241. The normalized spacial score (nSPS) is 13.6. The number of carbonyl (C=O) groups excluding carboxylic acids is 1. The lowest BCUT2D eigenvalue weighted by Gasteiger charge is -2.26. The molecule has 2 aromatic carbocycles. The summed E-state index contributed by atoms with van der Waals surface area (Å²) in [5.74, 6) is 0.545. The van der Waals surface area contributed by atoms with Crippen molar-refractivity contribution in [2.75, 3.05) is 32.5 Å². The molecular formula is C29H28FN7OS. The molecule has 3 aromatic heterocycles. The molecule has 0 fully saturated rings. The average Bonchev–Trinajstić information content (AvgIpc) is 3.49. The molecule has 198 valence electrons. The summed E-state index contributed by atoms with van der Waals surface area (Å²) in [7, 11) is 3.96. The molecule has 1 N–H and O–H groups in total. The van der Waals surface area contributed by atoms with Gasteiger partial charge in [0, 0.05) is 35.1 Å². The highest BCUT2D eigenvalue weighted by atomic mass is 32.1. The molecule has 6 rings (SSSR count). The number of aromatic nitrogens is 4. The molecule has 1 amide bonds. The SMILES string of the molecule is CN(C)C/C=C/C(=O)N1CCc2c(sc3ncnc(Nc4ccc5c(cnn5Cc5cccc(F)c5)c4)c23)C1. The van der Waals surface area contributed by atoms with Gasteiger partial charge in [-0.1, -0.05) is 18.2 Å². The second-order valence-corrected chi connectivity index (χ2v) is 11.0. The van der Waals surface area contributed by atoms with Gasteiger partial charge in [0.2, 0.25) is 5.91 Å². The molecule has 0 atom stereocenters. The number of fused-ring (bicyclic) bond motifs is 4. The van der Waals surface area contributed by atoms with E-state index in [2.05, 4.69) is 20.4 Å². The highest BCUT2D eigenvalue weighted by Crippen LogP contribution is 2.38. The highest BCUT2D eigenvalue weighted by molar-refractivity contribution is 7.19. The Labute approximate surface area is 229 Å². The third kappa shape index (κ3) is 5.25. The molecule has 0 bridgehead atoms. The minimum absolute atomic E-state index is 0.0376. The Morgan fingerprint density at radius 1 is 1.21 bits per heavy atom. The Balaban J connectivity index is 1.23. The van der Waals surface area contributed by atoms with E-state index >= 15 is 0 Å². The Bertz CT molecular complexity index is 1710. The Hall–Kier alpha value is -4.15. The first-order valence-electron chi connectivity index (χ1n) is 12.8. The zero-order valence-corrected chi connectivity index (χ0v) is 22.6. The number of amides is 1. The van der Waals surface area contributed by atoms with Crippen LogP contribution in [0, 0.1) is 5.82 Å². The second-order valence-electron chi connectivity index (χ2n) is 9.91. The molecule has 0 spiro atoms. The number of halogens is 1. The maximum Gasteiger partial charge on any atom is 0.246 e. The summed E-state index contributed by atoms with van der Waals surface area (Å²) in [5.41, 5.74) is 3.93. The summed E-state index contributed by atoms with van der Waals surface area (Å²) in [4.78, 5) is 27.8. The number of benzene rings is 2. The summed E-state index contributed by atoms with van der Waals surface area (Å²) in [6.07, 6.45) is 7.73. The van der Waals surface area contributed by atoms with Crippen LogP contribution in [0.2, 0.25) is 0 Å². The van der Waals surface area contributed by atoms with Crippen molar-refractivity contribution < 1.29 is 9.18 Å². The lowest BCUT2D eigenvalue weighted by Crippen LogP contribution is -2.34. The van der Waals surface area contributed by atoms with E-state index in [0.29, 0.717) is 19.6 Å². The molecule has 0 saturated heterocycles. The average molecular weight is 542 g/mol. The van der Waals surface area contributed by atoms with E-state index in [1.165, 1.54) is 17.7 Å². The van der Waals surface area contributed by atoms with Crippen molar-refractivity contribution in [2.24, 2.45) is 0 Å². The molecule has 1 aliphatic rings. The van der Waals surface area contributed by atoms with Gasteiger partial charge in [-0.3, -0.25) is 9.48 Å². The maximum absolute atomic E-state index is 13.6. The van der Waals surface area contributed by atoms with Crippen molar-refractivity contribution in [1.29, 1.82) is 0 Å². The van der Waals surface area contributed by atoms with Crippen LogP contribution in [0.4, 0.5) is 15.9 Å². The van der Waals surface area contributed by atoms with E-state index in [4.69, 9.17) is 0 Å². The van der Waals surface area contributed by atoms with Gasteiger partial charge in [0.05, 0.1) is 30.2 Å². The van der Waals surface area contributed by atoms with E-state index in [1.54, 1.807) is 29.8 Å². The van der Waals surface area contributed by atoms with Crippen LogP contribution in [-0.2, 0) is 24.3 Å². The standard InChI is InChI=1S/C29H28FN7OS/c1-35(2)11-4-7-26(38)36-12-10-23-25(17-36)39-29-27(23)28(31-18-32-29)34-22-8-9-24-20(14-22)15-33-37(24)16-19-5-3-6-21(30)13-19/h3-9,13-15,18H,10-12,16-17H2,1-2H3,(H,31,32,34)/b7-4+. The molecule has 0 unspecified atom stereocenters. The summed E-state index contributed by atoms with van der Waals surface area (Å²) < 4.78 is 15.5. The van der Waals surface area contributed by atoms with Crippen LogP contribution in [0.25, 0.3) is 21.1 Å². The number of hydrogen-bond acceptors (Lipinski definition) is 7. The van der Waals surface area contributed by atoms with Crippen molar-refractivity contribution in [3.63, 3.8) is 0 Å². The molecule has 1 aliphatic heterocycles. The number of rotatable bonds is 7. The quantitative estimate of drug-likeness (QED) is 0.293. The van der Waals surface area contributed by atoms with Gasteiger partial charge in [0.25, 0.3) is 0 Å². The highest BCUT2D eigenvalue weighted by Gasteiger charge is 2.25. The zero-order valence-electron chi connectivity index (χ0n) is 21.8. The van der Waals surface area contributed by atoms with E-state index in [1.807, 2.05) is 65.1 Å². The summed E-state index contributed by atoms with van der Waals surface area (Å²) >= 11 is 1.62. The topological polar surface area (TPSA) is 79.2 Å². The van der Waals surface area contributed by atoms with Gasteiger partial charge in [0.15, 0.2) is 0 Å². The third-order valence-electron chi connectivity index (χ3n) is 6.81. The number of carbonyl (C=O) groups is 1. The van der Waals surface area contributed by atoms with Crippen LogP contribution in [0.15, 0.2) is 67.1 Å². The van der Waals surface area contributed by atoms with Crippen LogP contribution < -0.4 is 5.32 Å². The van der Waals surface area contributed by atoms with Crippen molar-refractivity contribution in [2.45, 2.75) is 19.5 Å². The van der Waals surface area contributed by atoms with Crippen LogP contribution in [-0.4, -0.2) is 62.6 Å². The lowest BCUT2D eigenvalue weighted by molar-refractivity contribution is -0.126. The third-order valence-corrected chi connectivity index (χ3v) is 7.93. The number of nitrogens with zero attached hydrogens (tertiary/aromatic N) is 6. The van der Waals surface area contributed by atoms with E-state index in [-0.39, 0.29) is 11.7 Å². The largest absolute Gasteiger partial charge is 0.340 e. The molecular weight excluding hydrogens is 513 g/mol. The predicted molar refractivity (Wildman–Crippen MR) is 153 cm³/mol. The van der Waals surface area contributed by atoms with Gasteiger partial charge in [-0.25, -0.2) is 14.4 Å². The summed E-state index contributed by atoms with van der Waals surface area (Å²) in [6.45, 7) is 2.47. The molecule has 0 aliphatic carbocycles. The molecule has 39 heavy (non-hydrogen) atoms. The van der Waals surface area contributed by atoms with Crippen LogP contribution in [0.3, 0.4) is 0 Å². The van der Waals surface area contributed by atoms with Crippen molar-refractivity contribution in [1.82, 2.24) is 29.5 Å². The molecule has 5 aromatic rings. The molecule has 8 nitrogen and oxygen atoms in total. The summed E-state index contributed by atoms with van der Waals surface area (Å²) in [6, 6.07) is 12.6. The van der Waals surface area contributed by atoms with Gasteiger partial charge in [-0.2, -0.15) is 5.10 Å². The molecule has 4 heterocycles. The number of anilines is 2. The predicted octanol–water partition coefficient (Wildman–Crippen LogP) is 4.97. The first-order valence-corrected chi connectivity index (χ1v) is 13.6. The first-order chi connectivity index (χ1) is 18.9. The van der Waals surface area contributed by atoms with Crippen LogP contribution >= 0.6 is 11.3 Å². The zero-order chi connectivity index (χ0) is 26.9. The monoisotopic (exact) mass is 541 g/mol. The lowest BCUT2D eigenvalue weighted by atomic mass is 10.0. The second kappa shape index (κ2) is 10.5. The minimum Gasteiger partial charge on any atom is -0.340 e. The van der Waals surface area contributed by atoms with Gasteiger partial charge in [0.1, 0.15) is 22.8 Å². The van der Waals surface area contributed by atoms with Gasteiger partial charge < -0.3 is 15.1 Å².